The van der Waals surface area contributed by atoms with Crippen molar-refractivity contribution in [3.8, 4) is 5.75 Å². The molecule has 1 aromatic heterocycles. The first-order chi connectivity index (χ1) is 12.5. The van der Waals surface area contributed by atoms with E-state index in [2.05, 4.69) is 6.92 Å². The van der Waals surface area contributed by atoms with Gasteiger partial charge in [0.15, 0.2) is 0 Å². The van der Waals surface area contributed by atoms with E-state index < -0.39 is 0 Å². The number of carbonyl (C=O) groups is 1. The Morgan fingerprint density at radius 1 is 1.38 bits per heavy atom. The fraction of sp³-hybridized carbons (Fsp3) is 0.500. The van der Waals surface area contributed by atoms with Gasteiger partial charge in [-0.2, -0.15) is 0 Å². The van der Waals surface area contributed by atoms with Crippen molar-refractivity contribution in [2.45, 2.75) is 39.2 Å². The van der Waals surface area contributed by atoms with E-state index in [1.807, 2.05) is 24.0 Å². The molecule has 26 heavy (non-hydrogen) atoms. The van der Waals surface area contributed by atoms with Crippen LogP contribution in [0, 0.1) is 6.92 Å². The van der Waals surface area contributed by atoms with Crippen molar-refractivity contribution < 1.29 is 18.7 Å². The monoisotopic (exact) mass is 359 g/mol. The van der Waals surface area contributed by atoms with Crippen LogP contribution >= 0.6 is 0 Å². The van der Waals surface area contributed by atoms with Gasteiger partial charge in [-0.15, -0.1) is 0 Å². The molecule has 2 aromatic rings. The van der Waals surface area contributed by atoms with Gasteiger partial charge in [-0.05, 0) is 37.5 Å². The van der Waals surface area contributed by atoms with E-state index in [1.165, 1.54) is 0 Å². The number of nitrogens with zero attached hydrogens (tertiary/aromatic N) is 1. The second kappa shape index (κ2) is 7.91. The number of benzene rings is 1. The Bertz CT molecular complexity index is 857. The first-order valence-corrected chi connectivity index (χ1v) is 9.03. The zero-order valence-electron chi connectivity index (χ0n) is 15.5. The number of amides is 1. The summed E-state index contributed by atoms with van der Waals surface area (Å²) in [5, 5.41) is 0.866. The maximum Gasteiger partial charge on any atom is 0.339 e. The van der Waals surface area contributed by atoms with Gasteiger partial charge < -0.3 is 18.8 Å². The maximum atomic E-state index is 12.5. The molecule has 2 heterocycles. The van der Waals surface area contributed by atoms with Crippen molar-refractivity contribution in [3.63, 3.8) is 0 Å². The lowest BCUT2D eigenvalue weighted by molar-refractivity contribution is -0.138. The van der Waals surface area contributed by atoms with Crippen LogP contribution in [0.15, 0.2) is 27.4 Å². The summed E-state index contributed by atoms with van der Waals surface area (Å²) in [6, 6.07) is 5.42. The number of hydrogen-bond donors (Lipinski definition) is 0. The number of carbonyl (C=O) groups excluding carboxylic acids is 1. The predicted molar refractivity (Wildman–Crippen MR) is 98.7 cm³/mol. The van der Waals surface area contributed by atoms with Crippen LogP contribution in [-0.2, 0) is 16.0 Å². The quantitative estimate of drug-likeness (QED) is 0.768. The third-order valence-electron chi connectivity index (χ3n) is 5.03. The molecule has 1 aliphatic rings. The number of aryl methyl sites for hydroxylation is 1. The van der Waals surface area contributed by atoms with Gasteiger partial charge in [0.05, 0.1) is 19.8 Å². The second-order valence-electron chi connectivity index (χ2n) is 6.60. The van der Waals surface area contributed by atoms with E-state index >= 15 is 0 Å². The van der Waals surface area contributed by atoms with Gasteiger partial charge in [-0.3, -0.25) is 4.79 Å². The van der Waals surface area contributed by atoms with Crippen LogP contribution in [0.4, 0.5) is 0 Å². The van der Waals surface area contributed by atoms with Crippen LogP contribution in [0.3, 0.4) is 0 Å². The SMILES string of the molecule is CCC1CN(C(=O)CCc2c(C)c3ccc(OC)cc3oc2=O)CCO1. The highest BCUT2D eigenvalue weighted by Crippen LogP contribution is 2.24. The number of morpholine rings is 1. The largest absolute Gasteiger partial charge is 0.497 e. The predicted octanol–water partition coefficient (Wildman–Crippen LogP) is 2.68. The highest BCUT2D eigenvalue weighted by molar-refractivity contribution is 5.82. The Hall–Kier alpha value is -2.34. The number of fused-ring (bicyclic) bond motifs is 1. The number of rotatable bonds is 5. The summed E-state index contributed by atoms with van der Waals surface area (Å²) >= 11 is 0. The van der Waals surface area contributed by atoms with Crippen LogP contribution < -0.4 is 10.4 Å². The van der Waals surface area contributed by atoms with Crippen molar-refractivity contribution in [2.24, 2.45) is 0 Å². The minimum atomic E-state index is -0.385. The lowest BCUT2D eigenvalue weighted by Gasteiger charge is -2.32. The third kappa shape index (κ3) is 3.75. The molecule has 1 unspecified atom stereocenters. The summed E-state index contributed by atoms with van der Waals surface area (Å²) in [7, 11) is 1.57. The topological polar surface area (TPSA) is 69.0 Å². The molecule has 0 saturated carbocycles. The van der Waals surface area contributed by atoms with Crippen LogP contribution in [0.2, 0.25) is 0 Å². The van der Waals surface area contributed by atoms with Crippen molar-refractivity contribution in [1.82, 2.24) is 4.90 Å². The molecule has 6 heteroatoms. The molecule has 1 saturated heterocycles. The molecule has 1 fully saturated rings. The molecular weight excluding hydrogens is 334 g/mol. The fourth-order valence-electron chi connectivity index (χ4n) is 3.37. The van der Waals surface area contributed by atoms with Gasteiger partial charge in [0.2, 0.25) is 5.91 Å². The molecular formula is C20H25NO5. The zero-order chi connectivity index (χ0) is 18.7. The molecule has 1 atom stereocenters. The van der Waals surface area contributed by atoms with E-state index in [1.54, 1.807) is 13.2 Å². The molecule has 1 aliphatic heterocycles. The van der Waals surface area contributed by atoms with Crippen LogP contribution in [-0.4, -0.2) is 43.7 Å². The Morgan fingerprint density at radius 3 is 2.92 bits per heavy atom. The van der Waals surface area contributed by atoms with Gasteiger partial charge in [0, 0.05) is 36.5 Å². The molecule has 0 radical (unpaired) electrons. The van der Waals surface area contributed by atoms with Gasteiger partial charge in [-0.1, -0.05) is 6.92 Å². The number of methoxy groups -OCH3 is 1. The van der Waals surface area contributed by atoms with E-state index in [0.29, 0.717) is 49.4 Å². The molecule has 1 amide bonds. The highest BCUT2D eigenvalue weighted by atomic mass is 16.5. The summed E-state index contributed by atoms with van der Waals surface area (Å²) in [4.78, 5) is 26.7. The molecule has 0 N–H and O–H groups in total. The molecule has 0 bridgehead atoms. The van der Waals surface area contributed by atoms with Crippen molar-refractivity contribution >= 4 is 16.9 Å². The smallest absolute Gasteiger partial charge is 0.339 e. The lowest BCUT2D eigenvalue weighted by atomic mass is 10.0. The van der Waals surface area contributed by atoms with Crippen molar-refractivity contribution in [1.29, 1.82) is 0 Å². The summed E-state index contributed by atoms with van der Waals surface area (Å²) in [6.45, 7) is 5.76. The minimum Gasteiger partial charge on any atom is -0.497 e. The van der Waals surface area contributed by atoms with Crippen molar-refractivity contribution in [3.05, 3.63) is 39.7 Å². The molecule has 3 rings (SSSR count). The lowest BCUT2D eigenvalue weighted by Crippen LogP contribution is -2.45. The zero-order valence-corrected chi connectivity index (χ0v) is 15.5. The van der Waals surface area contributed by atoms with Crippen molar-refractivity contribution in [2.75, 3.05) is 26.8 Å². The molecule has 0 spiro atoms. The Labute approximate surface area is 152 Å². The second-order valence-corrected chi connectivity index (χ2v) is 6.60. The Morgan fingerprint density at radius 2 is 2.19 bits per heavy atom. The normalized spacial score (nSPS) is 17.5. The summed E-state index contributed by atoms with van der Waals surface area (Å²) < 4.78 is 16.2. The molecule has 0 aliphatic carbocycles. The van der Waals surface area contributed by atoms with Gasteiger partial charge >= 0.3 is 5.63 Å². The van der Waals surface area contributed by atoms with E-state index in [4.69, 9.17) is 13.9 Å². The molecule has 6 nitrogen and oxygen atoms in total. The summed E-state index contributed by atoms with van der Waals surface area (Å²) in [5.74, 6) is 0.696. The minimum absolute atomic E-state index is 0.0559. The summed E-state index contributed by atoms with van der Waals surface area (Å²) in [5.41, 5.74) is 1.54. The van der Waals surface area contributed by atoms with E-state index in [0.717, 1.165) is 17.4 Å². The first-order valence-electron chi connectivity index (χ1n) is 9.03. The van der Waals surface area contributed by atoms with Crippen LogP contribution in [0.25, 0.3) is 11.0 Å². The van der Waals surface area contributed by atoms with Gasteiger partial charge in [-0.25, -0.2) is 4.79 Å². The van der Waals surface area contributed by atoms with Gasteiger partial charge in [0.1, 0.15) is 11.3 Å². The molecule has 140 valence electrons. The third-order valence-corrected chi connectivity index (χ3v) is 5.03. The Kier molecular flexibility index (Phi) is 5.61. The van der Waals surface area contributed by atoms with Gasteiger partial charge in [0.25, 0.3) is 0 Å². The average molecular weight is 359 g/mol. The maximum absolute atomic E-state index is 12.5. The Balaban J connectivity index is 1.76. The standard InChI is InChI=1S/C20H25NO5/c1-4-14-12-21(9-10-25-14)19(22)8-7-17-13(2)16-6-5-15(24-3)11-18(16)26-20(17)23/h5-6,11,14H,4,7-10,12H2,1-3H3. The van der Waals surface area contributed by atoms with Crippen LogP contribution in [0.5, 0.6) is 5.75 Å². The van der Waals surface area contributed by atoms with Crippen LogP contribution in [0.1, 0.15) is 30.9 Å². The first kappa shape index (κ1) is 18.5. The molecule has 1 aromatic carbocycles. The highest BCUT2D eigenvalue weighted by Gasteiger charge is 2.23. The average Bonchev–Trinajstić information content (AvgIpc) is 2.67. The van der Waals surface area contributed by atoms with E-state index in [9.17, 15) is 9.59 Å². The number of hydrogen-bond acceptors (Lipinski definition) is 5. The summed E-state index contributed by atoms with van der Waals surface area (Å²) in [6.07, 6.45) is 1.67. The fourth-order valence-corrected chi connectivity index (χ4v) is 3.37. The number of ether oxygens (including phenoxy) is 2. The van der Waals surface area contributed by atoms with E-state index in [-0.39, 0.29) is 17.6 Å².